The molecule has 2 atom stereocenters. The van der Waals surface area contributed by atoms with E-state index < -0.39 is 10.0 Å². The van der Waals surface area contributed by atoms with Crippen molar-refractivity contribution in [3.8, 4) is 0 Å². The van der Waals surface area contributed by atoms with Crippen molar-refractivity contribution in [1.29, 1.82) is 0 Å². The van der Waals surface area contributed by atoms with Gasteiger partial charge in [-0.25, -0.2) is 8.42 Å². The minimum Gasteiger partial charge on any atom is -0.471 e. The molecule has 0 spiro atoms. The lowest BCUT2D eigenvalue weighted by atomic mass is 10.1. The van der Waals surface area contributed by atoms with Crippen LogP contribution in [0.5, 0.6) is 0 Å². The van der Waals surface area contributed by atoms with E-state index in [0.717, 1.165) is 0 Å². The summed E-state index contributed by atoms with van der Waals surface area (Å²) < 4.78 is 42.2. The fourth-order valence-electron chi connectivity index (χ4n) is 2.48. The van der Waals surface area contributed by atoms with Crippen molar-refractivity contribution in [2.75, 3.05) is 26.4 Å². The molecule has 0 saturated carbocycles. The van der Waals surface area contributed by atoms with Gasteiger partial charge in [0, 0.05) is 13.2 Å². The Morgan fingerprint density at radius 3 is 3.00 bits per heavy atom. The van der Waals surface area contributed by atoms with Crippen LogP contribution in [0.25, 0.3) is 0 Å². The first-order valence-electron chi connectivity index (χ1n) is 5.93. The summed E-state index contributed by atoms with van der Waals surface area (Å²) in [5.74, 6) is 0. The smallest absolute Gasteiger partial charge is 0.246 e. The molecule has 2 saturated heterocycles. The van der Waals surface area contributed by atoms with Crippen LogP contribution < -0.4 is 0 Å². The van der Waals surface area contributed by atoms with Gasteiger partial charge in [0.15, 0.2) is 0 Å². The van der Waals surface area contributed by atoms with Crippen molar-refractivity contribution in [2.24, 2.45) is 0 Å². The van der Waals surface area contributed by atoms with Crippen LogP contribution >= 0.6 is 0 Å². The van der Waals surface area contributed by atoms with E-state index >= 15 is 0 Å². The molecule has 0 unspecified atom stereocenters. The quantitative estimate of drug-likeness (QED) is 0.783. The lowest BCUT2D eigenvalue weighted by Gasteiger charge is -2.42. The SMILES string of the molecule is O=S(=O)(c1ccoc1)N1CCO[C@@H]2COCC[C@@H]21. The predicted octanol–water partition coefficient (Wildman–Crippen LogP) is 0.458. The van der Waals surface area contributed by atoms with E-state index in [2.05, 4.69) is 0 Å². The molecular formula is C11H15NO5S. The summed E-state index contributed by atoms with van der Waals surface area (Å²) >= 11 is 0. The van der Waals surface area contributed by atoms with E-state index in [0.29, 0.717) is 32.8 Å². The van der Waals surface area contributed by atoms with Gasteiger partial charge in [-0.1, -0.05) is 0 Å². The van der Waals surface area contributed by atoms with Crippen LogP contribution in [0.15, 0.2) is 27.9 Å². The Morgan fingerprint density at radius 2 is 2.22 bits per heavy atom. The second-order valence-electron chi connectivity index (χ2n) is 4.41. The van der Waals surface area contributed by atoms with Gasteiger partial charge in [0.05, 0.1) is 31.6 Å². The summed E-state index contributed by atoms with van der Waals surface area (Å²) in [7, 11) is -3.49. The van der Waals surface area contributed by atoms with Gasteiger partial charge in [0.1, 0.15) is 11.2 Å². The fourth-order valence-corrected chi connectivity index (χ4v) is 4.07. The van der Waals surface area contributed by atoms with Gasteiger partial charge in [0.2, 0.25) is 10.0 Å². The van der Waals surface area contributed by atoms with Crippen LogP contribution in [0.3, 0.4) is 0 Å². The molecule has 0 aliphatic carbocycles. The molecule has 2 fully saturated rings. The monoisotopic (exact) mass is 273 g/mol. The number of nitrogens with zero attached hydrogens (tertiary/aromatic N) is 1. The highest BCUT2D eigenvalue weighted by Gasteiger charge is 2.41. The molecule has 0 amide bonds. The summed E-state index contributed by atoms with van der Waals surface area (Å²) in [4.78, 5) is 0.203. The first-order valence-corrected chi connectivity index (χ1v) is 7.37. The van der Waals surface area contributed by atoms with Gasteiger partial charge in [-0.15, -0.1) is 0 Å². The van der Waals surface area contributed by atoms with Crippen LogP contribution in [-0.2, 0) is 19.5 Å². The third-order valence-electron chi connectivity index (χ3n) is 3.38. The zero-order valence-corrected chi connectivity index (χ0v) is 10.6. The zero-order valence-electron chi connectivity index (χ0n) is 9.82. The van der Waals surface area contributed by atoms with Gasteiger partial charge in [-0.3, -0.25) is 0 Å². The summed E-state index contributed by atoms with van der Waals surface area (Å²) in [5.41, 5.74) is 0. The molecule has 6 nitrogen and oxygen atoms in total. The van der Waals surface area contributed by atoms with E-state index in [1.165, 1.54) is 22.9 Å². The molecule has 1 aromatic rings. The molecule has 0 aromatic carbocycles. The minimum absolute atomic E-state index is 0.132. The van der Waals surface area contributed by atoms with E-state index in [1.54, 1.807) is 0 Å². The topological polar surface area (TPSA) is 69.0 Å². The van der Waals surface area contributed by atoms with Crippen molar-refractivity contribution < 1.29 is 22.3 Å². The zero-order chi connectivity index (χ0) is 12.6. The predicted molar refractivity (Wildman–Crippen MR) is 61.6 cm³/mol. The summed E-state index contributed by atoms with van der Waals surface area (Å²) in [5, 5.41) is 0. The lowest BCUT2D eigenvalue weighted by Crippen LogP contribution is -2.57. The molecule has 0 N–H and O–H groups in total. The Hall–Kier alpha value is -0.890. The molecule has 18 heavy (non-hydrogen) atoms. The second-order valence-corrected chi connectivity index (χ2v) is 6.31. The number of sulfonamides is 1. The highest BCUT2D eigenvalue weighted by atomic mass is 32.2. The third-order valence-corrected chi connectivity index (χ3v) is 5.28. The summed E-state index contributed by atoms with van der Waals surface area (Å²) in [6, 6.07) is 1.34. The van der Waals surface area contributed by atoms with Gasteiger partial charge in [0.25, 0.3) is 0 Å². The van der Waals surface area contributed by atoms with Crippen molar-refractivity contribution in [2.45, 2.75) is 23.5 Å². The first kappa shape index (κ1) is 12.2. The van der Waals surface area contributed by atoms with Crippen LogP contribution in [0.1, 0.15) is 6.42 Å². The number of morpholine rings is 1. The largest absolute Gasteiger partial charge is 0.471 e. The molecule has 2 aliphatic heterocycles. The van der Waals surface area contributed by atoms with Crippen molar-refractivity contribution in [3.05, 3.63) is 18.6 Å². The Bertz CT molecular complexity index is 496. The maximum atomic E-state index is 12.5. The van der Waals surface area contributed by atoms with E-state index in [9.17, 15) is 8.42 Å². The normalized spacial score (nSPS) is 30.0. The van der Waals surface area contributed by atoms with Crippen molar-refractivity contribution in [3.63, 3.8) is 0 Å². The molecular weight excluding hydrogens is 258 g/mol. The maximum Gasteiger partial charge on any atom is 0.246 e. The highest BCUT2D eigenvalue weighted by Crippen LogP contribution is 2.27. The number of ether oxygens (including phenoxy) is 2. The van der Waals surface area contributed by atoms with Crippen LogP contribution in [0.2, 0.25) is 0 Å². The van der Waals surface area contributed by atoms with Gasteiger partial charge >= 0.3 is 0 Å². The van der Waals surface area contributed by atoms with E-state index in [4.69, 9.17) is 13.9 Å². The number of fused-ring (bicyclic) bond motifs is 1. The highest BCUT2D eigenvalue weighted by molar-refractivity contribution is 7.89. The maximum absolute atomic E-state index is 12.5. The molecule has 0 bridgehead atoms. The molecule has 3 heterocycles. The van der Waals surface area contributed by atoms with E-state index in [1.807, 2.05) is 0 Å². The average Bonchev–Trinajstić information content (AvgIpc) is 2.92. The Kier molecular flexibility index (Phi) is 3.14. The van der Waals surface area contributed by atoms with Gasteiger partial charge < -0.3 is 13.9 Å². The Morgan fingerprint density at radius 1 is 1.33 bits per heavy atom. The molecule has 2 aliphatic rings. The van der Waals surface area contributed by atoms with Gasteiger partial charge in [-0.05, 0) is 12.5 Å². The minimum atomic E-state index is -3.49. The van der Waals surface area contributed by atoms with Crippen molar-refractivity contribution >= 4 is 10.0 Å². The Labute approximate surface area is 106 Å². The van der Waals surface area contributed by atoms with Crippen LogP contribution in [-0.4, -0.2) is 51.2 Å². The van der Waals surface area contributed by atoms with Crippen LogP contribution in [0.4, 0.5) is 0 Å². The molecule has 3 rings (SSSR count). The number of rotatable bonds is 2. The second kappa shape index (κ2) is 4.65. The number of furan rings is 1. The number of hydrogen-bond acceptors (Lipinski definition) is 5. The summed E-state index contributed by atoms with van der Waals surface area (Å²) in [6.45, 7) is 1.82. The number of hydrogen-bond donors (Lipinski definition) is 0. The lowest BCUT2D eigenvalue weighted by molar-refractivity contribution is -0.114. The van der Waals surface area contributed by atoms with E-state index in [-0.39, 0.29) is 17.0 Å². The Balaban J connectivity index is 1.90. The third kappa shape index (κ3) is 1.97. The molecule has 0 radical (unpaired) electrons. The fraction of sp³-hybridized carbons (Fsp3) is 0.636. The first-order chi connectivity index (χ1) is 8.69. The standard InChI is InChI=1S/C11H15NO5S/c13-18(14,9-1-4-15-7-9)12-3-6-17-11-8-16-5-2-10(11)12/h1,4,7,10-11H,2-3,5-6,8H2/t10-,11+/m0/s1. The van der Waals surface area contributed by atoms with Gasteiger partial charge in [-0.2, -0.15) is 4.31 Å². The molecule has 7 heteroatoms. The molecule has 1 aromatic heterocycles. The van der Waals surface area contributed by atoms with Crippen LogP contribution in [0, 0.1) is 0 Å². The summed E-state index contributed by atoms with van der Waals surface area (Å²) in [6.07, 6.45) is 3.14. The molecule has 100 valence electrons. The average molecular weight is 273 g/mol. The van der Waals surface area contributed by atoms with Crippen molar-refractivity contribution in [1.82, 2.24) is 4.31 Å².